The fraction of sp³-hybridized carbons (Fsp3) is 0.235. The smallest absolute Gasteiger partial charge is 0.238 e. The number of rotatable bonds is 6. The molecule has 2 aromatic carbocycles. The van der Waals surface area contributed by atoms with Crippen LogP contribution < -0.4 is 5.32 Å². The van der Waals surface area contributed by atoms with Crippen LogP contribution in [0.1, 0.15) is 5.56 Å². The normalized spacial score (nSPS) is 10.7. The van der Waals surface area contributed by atoms with E-state index in [1.165, 1.54) is 10.5 Å². The number of anilines is 1. The van der Waals surface area contributed by atoms with E-state index in [9.17, 15) is 4.79 Å². The van der Waals surface area contributed by atoms with Crippen molar-refractivity contribution in [2.45, 2.75) is 11.4 Å². The quantitative estimate of drug-likeness (QED) is 0.806. The number of likely N-dealkylation sites (N-methyl/N-ethyl adjacent to an activating group) is 1. The highest BCUT2D eigenvalue weighted by Gasteiger charge is 2.08. The Balaban J connectivity index is 1.85. The molecule has 0 aromatic heterocycles. The number of carbonyl (C=O) groups is 1. The van der Waals surface area contributed by atoms with Crippen molar-refractivity contribution in [2.24, 2.45) is 0 Å². The van der Waals surface area contributed by atoms with Gasteiger partial charge in [-0.3, -0.25) is 9.69 Å². The number of carbonyl (C=O) groups excluding carboxylic acids is 1. The number of thioether (sulfide) groups is 1. The van der Waals surface area contributed by atoms with Gasteiger partial charge in [0.2, 0.25) is 5.91 Å². The standard InChI is InChI=1S/C17H19ClN2OS/c1-20(11-13-6-8-16(22-2)9-7-13)12-17(21)19-15-5-3-4-14(18)10-15/h3-10H,11-12H2,1-2H3,(H,19,21). The number of nitrogens with zero attached hydrogens (tertiary/aromatic N) is 1. The highest BCUT2D eigenvalue weighted by molar-refractivity contribution is 7.98. The summed E-state index contributed by atoms with van der Waals surface area (Å²) in [4.78, 5) is 15.2. The Bertz CT molecular complexity index is 631. The van der Waals surface area contributed by atoms with E-state index in [1.807, 2.05) is 24.1 Å². The molecular formula is C17H19ClN2OS. The average molecular weight is 335 g/mol. The van der Waals surface area contributed by atoms with E-state index < -0.39 is 0 Å². The van der Waals surface area contributed by atoms with Gasteiger partial charge >= 0.3 is 0 Å². The summed E-state index contributed by atoms with van der Waals surface area (Å²) < 4.78 is 0. The second-order valence-corrected chi connectivity index (χ2v) is 6.39. The first-order chi connectivity index (χ1) is 10.6. The zero-order valence-corrected chi connectivity index (χ0v) is 14.2. The Morgan fingerprint density at radius 2 is 1.95 bits per heavy atom. The summed E-state index contributed by atoms with van der Waals surface area (Å²) in [5.74, 6) is -0.0505. The summed E-state index contributed by atoms with van der Waals surface area (Å²) in [6.07, 6.45) is 2.06. The van der Waals surface area contributed by atoms with Gasteiger partial charge in [-0.1, -0.05) is 29.8 Å². The zero-order chi connectivity index (χ0) is 15.9. The summed E-state index contributed by atoms with van der Waals surface area (Å²) in [6, 6.07) is 15.5. The van der Waals surface area contributed by atoms with Gasteiger partial charge < -0.3 is 5.32 Å². The van der Waals surface area contributed by atoms with Crippen LogP contribution in [0, 0.1) is 0 Å². The van der Waals surface area contributed by atoms with E-state index in [1.54, 1.807) is 23.9 Å². The van der Waals surface area contributed by atoms with Gasteiger partial charge in [-0.25, -0.2) is 0 Å². The first kappa shape index (κ1) is 16.9. The van der Waals surface area contributed by atoms with Gasteiger partial charge in [-0.15, -0.1) is 11.8 Å². The largest absolute Gasteiger partial charge is 0.325 e. The van der Waals surface area contributed by atoms with Crippen molar-refractivity contribution in [2.75, 3.05) is 25.2 Å². The SMILES string of the molecule is CSc1ccc(CN(C)CC(=O)Nc2cccc(Cl)c2)cc1. The van der Waals surface area contributed by atoms with Crippen molar-refractivity contribution in [3.05, 3.63) is 59.1 Å². The average Bonchev–Trinajstić information content (AvgIpc) is 2.47. The lowest BCUT2D eigenvalue weighted by molar-refractivity contribution is -0.117. The van der Waals surface area contributed by atoms with Crippen LogP contribution in [0.2, 0.25) is 5.02 Å². The molecule has 22 heavy (non-hydrogen) atoms. The van der Waals surface area contributed by atoms with Gasteiger partial charge in [0.1, 0.15) is 0 Å². The Hall–Kier alpha value is -1.49. The lowest BCUT2D eigenvalue weighted by atomic mass is 10.2. The van der Waals surface area contributed by atoms with Crippen molar-refractivity contribution in [1.82, 2.24) is 4.90 Å². The Labute approximate surface area is 140 Å². The van der Waals surface area contributed by atoms with Crippen LogP contribution >= 0.6 is 23.4 Å². The summed E-state index contributed by atoms with van der Waals surface area (Å²) in [7, 11) is 1.93. The minimum absolute atomic E-state index is 0.0505. The number of hydrogen-bond acceptors (Lipinski definition) is 3. The summed E-state index contributed by atoms with van der Waals surface area (Å²) in [5, 5.41) is 3.46. The molecule has 0 unspecified atom stereocenters. The second kappa shape index (κ2) is 8.22. The molecule has 0 bridgehead atoms. The van der Waals surface area contributed by atoms with Gasteiger partial charge in [-0.05, 0) is 49.2 Å². The van der Waals surface area contributed by atoms with Gasteiger partial charge in [0, 0.05) is 22.2 Å². The maximum Gasteiger partial charge on any atom is 0.238 e. The third-order valence-electron chi connectivity index (χ3n) is 3.13. The topological polar surface area (TPSA) is 32.3 Å². The molecule has 2 aromatic rings. The summed E-state index contributed by atoms with van der Waals surface area (Å²) >= 11 is 7.62. The molecule has 0 saturated heterocycles. The molecule has 0 radical (unpaired) electrons. The fourth-order valence-corrected chi connectivity index (χ4v) is 2.71. The van der Waals surface area contributed by atoms with Crippen molar-refractivity contribution in [1.29, 1.82) is 0 Å². The van der Waals surface area contributed by atoms with Gasteiger partial charge in [0.25, 0.3) is 0 Å². The Kier molecular flexibility index (Phi) is 6.31. The van der Waals surface area contributed by atoms with Crippen molar-refractivity contribution in [3.63, 3.8) is 0 Å². The third-order valence-corrected chi connectivity index (χ3v) is 4.11. The van der Waals surface area contributed by atoms with E-state index in [-0.39, 0.29) is 5.91 Å². The molecule has 0 aliphatic rings. The number of hydrogen-bond donors (Lipinski definition) is 1. The lowest BCUT2D eigenvalue weighted by Crippen LogP contribution is -2.29. The molecular weight excluding hydrogens is 316 g/mol. The monoisotopic (exact) mass is 334 g/mol. The van der Waals surface area contributed by atoms with Crippen LogP contribution in [0.15, 0.2) is 53.4 Å². The van der Waals surface area contributed by atoms with Crippen LogP contribution in [0.4, 0.5) is 5.69 Å². The summed E-state index contributed by atoms with van der Waals surface area (Å²) in [5.41, 5.74) is 1.91. The van der Waals surface area contributed by atoms with Crippen LogP contribution in [0.25, 0.3) is 0 Å². The third kappa shape index (κ3) is 5.37. The minimum Gasteiger partial charge on any atom is -0.325 e. The molecule has 1 N–H and O–H groups in total. The fourth-order valence-electron chi connectivity index (χ4n) is 2.11. The maximum absolute atomic E-state index is 12.0. The highest BCUT2D eigenvalue weighted by Crippen LogP contribution is 2.16. The van der Waals surface area contributed by atoms with E-state index in [2.05, 4.69) is 35.8 Å². The molecule has 0 spiro atoms. The first-order valence-corrected chi connectivity index (χ1v) is 8.54. The predicted octanol–water partition coefficient (Wildman–Crippen LogP) is 4.13. The van der Waals surface area contributed by atoms with Gasteiger partial charge in [0.05, 0.1) is 6.54 Å². The Morgan fingerprint density at radius 1 is 1.23 bits per heavy atom. The van der Waals surface area contributed by atoms with Crippen LogP contribution in [0.3, 0.4) is 0 Å². The molecule has 0 aliphatic carbocycles. The molecule has 116 valence electrons. The number of nitrogens with one attached hydrogen (secondary N) is 1. The molecule has 0 saturated carbocycles. The van der Waals surface area contributed by atoms with Gasteiger partial charge in [-0.2, -0.15) is 0 Å². The molecule has 0 fully saturated rings. The number of amides is 1. The lowest BCUT2D eigenvalue weighted by Gasteiger charge is -2.16. The maximum atomic E-state index is 12.0. The van der Waals surface area contributed by atoms with Crippen LogP contribution in [-0.2, 0) is 11.3 Å². The van der Waals surface area contributed by atoms with E-state index in [0.29, 0.717) is 11.6 Å². The number of benzene rings is 2. The predicted molar refractivity (Wildman–Crippen MR) is 94.6 cm³/mol. The van der Waals surface area contributed by atoms with Crippen molar-refractivity contribution < 1.29 is 4.79 Å². The molecule has 0 heterocycles. The van der Waals surface area contributed by atoms with Gasteiger partial charge in [0.15, 0.2) is 0 Å². The van der Waals surface area contributed by atoms with E-state index >= 15 is 0 Å². The molecule has 1 amide bonds. The summed E-state index contributed by atoms with van der Waals surface area (Å²) in [6.45, 7) is 1.06. The molecule has 2 rings (SSSR count). The second-order valence-electron chi connectivity index (χ2n) is 5.08. The van der Waals surface area contributed by atoms with Crippen LogP contribution in [-0.4, -0.2) is 30.7 Å². The van der Waals surface area contributed by atoms with Crippen LogP contribution in [0.5, 0.6) is 0 Å². The highest BCUT2D eigenvalue weighted by atomic mass is 35.5. The van der Waals surface area contributed by atoms with E-state index in [0.717, 1.165) is 12.2 Å². The first-order valence-electron chi connectivity index (χ1n) is 6.93. The minimum atomic E-state index is -0.0505. The van der Waals surface area contributed by atoms with Crippen molar-refractivity contribution >= 4 is 35.0 Å². The number of halogens is 1. The molecule has 5 heteroatoms. The zero-order valence-electron chi connectivity index (χ0n) is 12.7. The molecule has 0 aliphatic heterocycles. The molecule has 0 atom stereocenters. The molecule has 3 nitrogen and oxygen atoms in total. The van der Waals surface area contributed by atoms with E-state index in [4.69, 9.17) is 11.6 Å². The Morgan fingerprint density at radius 3 is 2.59 bits per heavy atom. The van der Waals surface area contributed by atoms with Crippen molar-refractivity contribution in [3.8, 4) is 0 Å².